The van der Waals surface area contributed by atoms with Crippen LogP contribution >= 0.6 is 0 Å². The molecule has 1 unspecified atom stereocenters. The topological polar surface area (TPSA) is 78.4 Å². The second-order valence-electron chi connectivity index (χ2n) is 4.07. The predicted molar refractivity (Wildman–Crippen MR) is 50.5 cm³/mol. The van der Waals surface area contributed by atoms with E-state index >= 15 is 0 Å². The Kier molecular flexibility index (Phi) is 3.10. The maximum Gasteiger partial charge on any atom is 0.251 e. The summed E-state index contributed by atoms with van der Waals surface area (Å²) in [4.78, 5) is 22.1. The van der Waals surface area contributed by atoms with Crippen LogP contribution in [0.3, 0.4) is 0 Å². The number of amides is 2. The van der Waals surface area contributed by atoms with Gasteiger partial charge in [0.1, 0.15) is 5.60 Å². The van der Waals surface area contributed by atoms with Gasteiger partial charge < -0.3 is 15.7 Å². The Balaban J connectivity index is 2.28. The molecule has 0 saturated carbocycles. The Bertz CT molecular complexity index is 245. The minimum atomic E-state index is -1.36. The molecule has 2 amide bonds. The van der Waals surface area contributed by atoms with Gasteiger partial charge in [-0.05, 0) is 20.3 Å². The average molecular weight is 200 g/mol. The molecular formula is C9H16N2O3. The van der Waals surface area contributed by atoms with Crippen molar-refractivity contribution in [3.63, 3.8) is 0 Å². The van der Waals surface area contributed by atoms with Crippen LogP contribution in [0.25, 0.3) is 0 Å². The molecule has 0 aromatic heterocycles. The van der Waals surface area contributed by atoms with Crippen molar-refractivity contribution in [2.24, 2.45) is 0 Å². The van der Waals surface area contributed by atoms with Crippen LogP contribution < -0.4 is 10.6 Å². The zero-order valence-corrected chi connectivity index (χ0v) is 8.46. The van der Waals surface area contributed by atoms with Gasteiger partial charge in [0.2, 0.25) is 5.91 Å². The van der Waals surface area contributed by atoms with Gasteiger partial charge in [-0.25, -0.2) is 0 Å². The van der Waals surface area contributed by atoms with E-state index in [1.807, 2.05) is 0 Å². The lowest BCUT2D eigenvalue weighted by molar-refractivity contribution is -0.136. The largest absolute Gasteiger partial charge is 0.381 e. The smallest absolute Gasteiger partial charge is 0.251 e. The van der Waals surface area contributed by atoms with Crippen LogP contribution in [0.4, 0.5) is 0 Å². The lowest BCUT2D eigenvalue weighted by Gasteiger charge is -2.18. The van der Waals surface area contributed by atoms with Crippen LogP contribution in [0.15, 0.2) is 0 Å². The van der Waals surface area contributed by atoms with E-state index < -0.39 is 11.5 Å². The Morgan fingerprint density at radius 3 is 2.79 bits per heavy atom. The summed E-state index contributed by atoms with van der Waals surface area (Å²) in [6.07, 6.45) is 1.26. The van der Waals surface area contributed by atoms with Gasteiger partial charge in [-0.1, -0.05) is 0 Å². The van der Waals surface area contributed by atoms with Crippen LogP contribution in [0.2, 0.25) is 0 Å². The average Bonchev–Trinajstić information content (AvgIpc) is 2.45. The number of nitrogens with one attached hydrogen (secondary N) is 2. The molecule has 1 aliphatic heterocycles. The molecule has 14 heavy (non-hydrogen) atoms. The molecule has 0 aliphatic carbocycles. The van der Waals surface area contributed by atoms with Gasteiger partial charge in [-0.2, -0.15) is 0 Å². The van der Waals surface area contributed by atoms with Gasteiger partial charge >= 0.3 is 0 Å². The van der Waals surface area contributed by atoms with Crippen molar-refractivity contribution >= 4 is 11.8 Å². The Morgan fingerprint density at radius 1 is 1.71 bits per heavy atom. The van der Waals surface area contributed by atoms with Crippen molar-refractivity contribution in [3.05, 3.63) is 0 Å². The van der Waals surface area contributed by atoms with E-state index in [2.05, 4.69) is 10.6 Å². The fourth-order valence-corrected chi connectivity index (χ4v) is 1.26. The molecule has 0 radical (unpaired) electrons. The lowest BCUT2D eigenvalue weighted by atomic mass is 10.1. The number of hydrogen-bond acceptors (Lipinski definition) is 3. The van der Waals surface area contributed by atoms with Gasteiger partial charge in [0.25, 0.3) is 5.91 Å². The molecule has 0 bridgehead atoms. The van der Waals surface area contributed by atoms with Crippen molar-refractivity contribution in [2.75, 3.05) is 6.54 Å². The molecule has 0 aromatic carbocycles. The molecule has 5 nitrogen and oxygen atoms in total. The maximum atomic E-state index is 11.2. The van der Waals surface area contributed by atoms with E-state index in [0.717, 1.165) is 6.42 Å². The SMILES string of the molecule is CC(C)(O)C(=O)NCC1CCC(=O)N1. The van der Waals surface area contributed by atoms with Crippen molar-refractivity contribution in [1.29, 1.82) is 0 Å². The van der Waals surface area contributed by atoms with E-state index in [9.17, 15) is 14.7 Å². The van der Waals surface area contributed by atoms with E-state index in [4.69, 9.17) is 0 Å². The number of rotatable bonds is 3. The van der Waals surface area contributed by atoms with Crippen molar-refractivity contribution in [3.8, 4) is 0 Å². The minimum Gasteiger partial charge on any atom is -0.381 e. The normalized spacial score (nSPS) is 21.9. The highest BCUT2D eigenvalue weighted by atomic mass is 16.3. The third kappa shape index (κ3) is 2.99. The highest BCUT2D eigenvalue weighted by Gasteiger charge is 2.26. The first kappa shape index (κ1) is 11.0. The van der Waals surface area contributed by atoms with Crippen LogP contribution in [-0.4, -0.2) is 35.1 Å². The van der Waals surface area contributed by atoms with Gasteiger partial charge in [-0.3, -0.25) is 9.59 Å². The molecule has 1 heterocycles. The van der Waals surface area contributed by atoms with Crippen LogP contribution in [0, 0.1) is 0 Å². The molecule has 3 N–H and O–H groups in total. The lowest BCUT2D eigenvalue weighted by Crippen LogP contribution is -2.46. The molecule has 5 heteroatoms. The van der Waals surface area contributed by atoms with Gasteiger partial charge in [0.05, 0.1) is 0 Å². The quantitative estimate of drug-likeness (QED) is 0.555. The fourth-order valence-electron chi connectivity index (χ4n) is 1.26. The summed E-state index contributed by atoms with van der Waals surface area (Å²) in [6, 6.07) is 0.00815. The van der Waals surface area contributed by atoms with Gasteiger partial charge in [0.15, 0.2) is 0 Å². The molecular weight excluding hydrogens is 184 g/mol. The highest BCUT2D eigenvalue weighted by Crippen LogP contribution is 2.06. The molecule has 1 saturated heterocycles. The fraction of sp³-hybridized carbons (Fsp3) is 0.778. The first-order valence-electron chi connectivity index (χ1n) is 4.69. The second kappa shape index (κ2) is 3.96. The summed E-state index contributed by atoms with van der Waals surface area (Å²) < 4.78 is 0. The van der Waals surface area contributed by atoms with Crippen LogP contribution in [-0.2, 0) is 9.59 Å². The summed E-state index contributed by atoms with van der Waals surface area (Å²) in [6.45, 7) is 3.24. The van der Waals surface area contributed by atoms with E-state index in [1.165, 1.54) is 13.8 Å². The van der Waals surface area contributed by atoms with Gasteiger partial charge in [0, 0.05) is 19.0 Å². The highest BCUT2D eigenvalue weighted by molar-refractivity contribution is 5.84. The molecule has 0 spiro atoms. The number of aliphatic hydroxyl groups is 1. The first-order valence-corrected chi connectivity index (χ1v) is 4.69. The monoisotopic (exact) mass is 200 g/mol. The van der Waals surface area contributed by atoms with E-state index in [-0.39, 0.29) is 11.9 Å². The maximum absolute atomic E-state index is 11.2. The third-order valence-corrected chi connectivity index (χ3v) is 2.15. The van der Waals surface area contributed by atoms with Crippen molar-refractivity contribution in [2.45, 2.75) is 38.3 Å². The summed E-state index contributed by atoms with van der Waals surface area (Å²) in [5.41, 5.74) is -1.36. The first-order chi connectivity index (χ1) is 6.39. The number of carbonyl (C=O) groups is 2. The molecule has 1 fully saturated rings. The number of carbonyl (C=O) groups excluding carboxylic acids is 2. The summed E-state index contributed by atoms with van der Waals surface area (Å²) in [5, 5.41) is 14.6. The second-order valence-corrected chi connectivity index (χ2v) is 4.07. The Morgan fingerprint density at radius 2 is 2.36 bits per heavy atom. The van der Waals surface area contributed by atoms with Crippen molar-refractivity contribution < 1.29 is 14.7 Å². The molecule has 1 atom stereocenters. The van der Waals surface area contributed by atoms with Crippen molar-refractivity contribution in [1.82, 2.24) is 10.6 Å². The van der Waals surface area contributed by atoms with E-state index in [1.54, 1.807) is 0 Å². The molecule has 1 rings (SSSR count). The van der Waals surface area contributed by atoms with Crippen LogP contribution in [0.5, 0.6) is 0 Å². The van der Waals surface area contributed by atoms with Gasteiger partial charge in [-0.15, -0.1) is 0 Å². The third-order valence-electron chi connectivity index (χ3n) is 2.15. The summed E-state index contributed by atoms with van der Waals surface area (Å²) >= 11 is 0. The Hall–Kier alpha value is -1.10. The summed E-state index contributed by atoms with van der Waals surface area (Å²) in [5.74, 6) is -0.397. The molecule has 1 aliphatic rings. The standard InChI is InChI=1S/C9H16N2O3/c1-9(2,14)8(13)10-5-6-3-4-7(12)11-6/h6,14H,3-5H2,1-2H3,(H,10,13)(H,11,12). The number of hydrogen-bond donors (Lipinski definition) is 3. The molecule has 0 aromatic rings. The zero-order chi connectivity index (χ0) is 10.8. The predicted octanol–water partition coefficient (Wildman–Crippen LogP) is -0.848. The zero-order valence-electron chi connectivity index (χ0n) is 8.46. The van der Waals surface area contributed by atoms with E-state index in [0.29, 0.717) is 13.0 Å². The summed E-state index contributed by atoms with van der Waals surface area (Å²) in [7, 11) is 0. The minimum absolute atomic E-state index is 0.00815. The van der Waals surface area contributed by atoms with Crippen LogP contribution in [0.1, 0.15) is 26.7 Å². The Labute approximate surface area is 82.9 Å². The molecule has 80 valence electrons.